The maximum absolute atomic E-state index is 12.4. The predicted octanol–water partition coefficient (Wildman–Crippen LogP) is 3.37. The Bertz CT molecular complexity index is 793. The summed E-state index contributed by atoms with van der Waals surface area (Å²) in [6.45, 7) is 7.09. The van der Waals surface area contributed by atoms with E-state index in [1.165, 1.54) is 14.0 Å². The van der Waals surface area contributed by atoms with Gasteiger partial charge in [-0.1, -0.05) is 20.8 Å². The lowest BCUT2D eigenvalue weighted by molar-refractivity contribution is -0.198. The van der Waals surface area contributed by atoms with Gasteiger partial charge in [-0.15, -0.1) is 0 Å². The van der Waals surface area contributed by atoms with Gasteiger partial charge in [-0.3, -0.25) is 19.2 Å². The monoisotopic (exact) mass is 452 g/mol. The molecule has 0 spiro atoms. The highest BCUT2D eigenvalue weighted by Crippen LogP contribution is 2.67. The molecule has 32 heavy (non-hydrogen) atoms. The molecule has 0 aromatic rings. The quantitative estimate of drug-likeness (QED) is 0.587. The molecule has 0 radical (unpaired) electrons. The van der Waals surface area contributed by atoms with Crippen LogP contribution in [0.4, 0.5) is 0 Å². The van der Waals surface area contributed by atoms with E-state index in [4.69, 9.17) is 9.47 Å². The molecular formula is C24H36O8. The highest BCUT2D eigenvalue weighted by atomic mass is 16.5. The molecule has 3 aliphatic rings. The molecule has 9 atom stereocenters. The van der Waals surface area contributed by atoms with Gasteiger partial charge in [0.2, 0.25) is 0 Å². The largest absolute Gasteiger partial charge is 0.481 e. The van der Waals surface area contributed by atoms with E-state index >= 15 is 0 Å². The molecule has 8 heteroatoms. The van der Waals surface area contributed by atoms with Gasteiger partial charge in [-0.05, 0) is 61.2 Å². The number of carboxylic acid groups (broad SMARTS) is 2. The molecule has 0 unspecified atom stereocenters. The molecule has 0 aromatic heterocycles. The number of esters is 2. The van der Waals surface area contributed by atoms with Crippen molar-refractivity contribution < 1.29 is 38.9 Å². The maximum Gasteiger partial charge on any atom is 0.308 e. The normalized spacial score (nSPS) is 41.7. The zero-order valence-electron chi connectivity index (χ0n) is 19.6. The standard InChI is InChI=1S/C24H36O8/c1-12(22(30)31-5)15-8-9-16-14-6-7-17(21(28)29)23(3,11-20(26)27)18(14)10-19(24(15,16)4)32-13(2)25/h12,14-19H,6-11H2,1-5H3,(H,26,27)(H,28,29)/t12-,14+,15-,16+,17+,18+,19+,23+,24+/m0/s1. The summed E-state index contributed by atoms with van der Waals surface area (Å²) in [5.74, 6) is -3.78. The fraction of sp³-hybridized carbons (Fsp3) is 0.833. The number of hydrogen-bond donors (Lipinski definition) is 2. The second kappa shape index (κ2) is 8.67. The minimum Gasteiger partial charge on any atom is -0.481 e. The predicted molar refractivity (Wildman–Crippen MR) is 113 cm³/mol. The summed E-state index contributed by atoms with van der Waals surface area (Å²) in [6.07, 6.45) is 2.43. The second-order valence-electron chi connectivity index (χ2n) is 10.6. The fourth-order valence-electron chi connectivity index (χ4n) is 7.96. The van der Waals surface area contributed by atoms with Crippen molar-refractivity contribution >= 4 is 23.9 Å². The van der Waals surface area contributed by atoms with Gasteiger partial charge < -0.3 is 19.7 Å². The van der Waals surface area contributed by atoms with Crippen molar-refractivity contribution in [1.29, 1.82) is 0 Å². The van der Waals surface area contributed by atoms with E-state index in [2.05, 4.69) is 6.92 Å². The third-order valence-corrected chi connectivity index (χ3v) is 9.33. The molecule has 3 aliphatic carbocycles. The molecule has 180 valence electrons. The lowest BCUT2D eigenvalue weighted by Gasteiger charge is -2.60. The minimum atomic E-state index is -1.01. The van der Waals surface area contributed by atoms with E-state index in [0.717, 1.165) is 12.8 Å². The van der Waals surface area contributed by atoms with E-state index in [-0.39, 0.29) is 42.0 Å². The van der Waals surface area contributed by atoms with Crippen LogP contribution in [-0.2, 0) is 28.7 Å². The number of hydrogen-bond acceptors (Lipinski definition) is 6. The molecule has 8 nitrogen and oxygen atoms in total. The molecule has 3 saturated carbocycles. The third kappa shape index (κ3) is 3.79. The number of aliphatic carboxylic acids is 2. The van der Waals surface area contributed by atoms with Crippen LogP contribution in [0.5, 0.6) is 0 Å². The highest BCUT2D eigenvalue weighted by molar-refractivity contribution is 5.74. The molecule has 0 aliphatic heterocycles. The lowest BCUT2D eigenvalue weighted by Crippen LogP contribution is -2.60. The van der Waals surface area contributed by atoms with Crippen molar-refractivity contribution in [1.82, 2.24) is 0 Å². The van der Waals surface area contributed by atoms with E-state index in [1.807, 2.05) is 6.92 Å². The van der Waals surface area contributed by atoms with Crippen molar-refractivity contribution in [3.05, 3.63) is 0 Å². The van der Waals surface area contributed by atoms with Gasteiger partial charge >= 0.3 is 23.9 Å². The summed E-state index contributed by atoms with van der Waals surface area (Å²) in [6, 6.07) is 0. The highest BCUT2D eigenvalue weighted by Gasteiger charge is 2.66. The van der Waals surface area contributed by atoms with Gasteiger partial charge in [0.1, 0.15) is 6.10 Å². The Morgan fingerprint density at radius 3 is 2.22 bits per heavy atom. The first-order valence-electron chi connectivity index (χ1n) is 11.6. The molecule has 0 heterocycles. The SMILES string of the molecule is COC(=O)[C@@H](C)[C@@H]1CC[C@@H]2[C@H]3CC[C@H](C(=O)O)[C@@](C)(CC(=O)O)[C@@H]3C[C@@H](OC(C)=O)[C@@]21C. The molecule has 0 saturated heterocycles. The van der Waals surface area contributed by atoms with Gasteiger partial charge in [-0.25, -0.2) is 0 Å². The van der Waals surface area contributed by atoms with Gasteiger partial charge in [0.15, 0.2) is 0 Å². The van der Waals surface area contributed by atoms with Gasteiger partial charge in [0.05, 0.1) is 25.4 Å². The van der Waals surface area contributed by atoms with Gasteiger partial charge in [-0.2, -0.15) is 0 Å². The number of carbonyl (C=O) groups is 4. The number of ether oxygens (including phenoxy) is 2. The van der Waals surface area contributed by atoms with Crippen molar-refractivity contribution in [2.45, 2.75) is 72.3 Å². The van der Waals surface area contributed by atoms with E-state index in [9.17, 15) is 29.4 Å². The number of fused-ring (bicyclic) bond motifs is 3. The number of rotatable bonds is 6. The van der Waals surface area contributed by atoms with Crippen LogP contribution in [0.3, 0.4) is 0 Å². The van der Waals surface area contributed by atoms with Crippen LogP contribution in [0.2, 0.25) is 0 Å². The van der Waals surface area contributed by atoms with Crippen molar-refractivity contribution in [3.63, 3.8) is 0 Å². The number of carbonyl (C=O) groups excluding carboxylic acids is 2. The average Bonchev–Trinajstić information content (AvgIpc) is 3.05. The van der Waals surface area contributed by atoms with Crippen molar-refractivity contribution in [2.24, 2.45) is 46.3 Å². The smallest absolute Gasteiger partial charge is 0.308 e. The van der Waals surface area contributed by atoms with E-state index < -0.39 is 40.8 Å². The van der Waals surface area contributed by atoms with Gasteiger partial charge in [0, 0.05) is 12.3 Å². The maximum atomic E-state index is 12.4. The first kappa shape index (κ1) is 24.5. The summed E-state index contributed by atoms with van der Waals surface area (Å²) in [5.41, 5.74) is -1.40. The van der Waals surface area contributed by atoms with E-state index in [0.29, 0.717) is 19.3 Å². The molecule has 0 amide bonds. The summed E-state index contributed by atoms with van der Waals surface area (Å²) >= 11 is 0. The lowest BCUT2D eigenvalue weighted by atomic mass is 9.45. The summed E-state index contributed by atoms with van der Waals surface area (Å²) in [4.78, 5) is 48.4. The van der Waals surface area contributed by atoms with Crippen LogP contribution in [0, 0.1) is 46.3 Å². The molecule has 3 fully saturated rings. The van der Waals surface area contributed by atoms with Crippen LogP contribution in [0.15, 0.2) is 0 Å². The summed E-state index contributed by atoms with van der Waals surface area (Å²) in [5, 5.41) is 19.5. The van der Waals surface area contributed by atoms with Crippen molar-refractivity contribution in [2.75, 3.05) is 7.11 Å². The number of methoxy groups -OCH3 is 1. The van der Waals surface area contributed by atoms with Gasteiger partial charge in [0.25, 0.3) is 0 Å². The van der Waals surface area contributed by atoms with Crippen LogP contribution in [0.25, 0.3) is 0 Å². The Morgan fingerprint density at radius 1 is 1.03 bits per heavy atom. The van der Waals surface area contributed by atoms with Crippen molar-refractivity contribution in [3.8, 4) is 0 Å². The van der Waals surface area contributed by atoms with Crippen LogP contribution >= 0.6 is 0 Å². The minimum absolute atomic E-state index is 0.0341. The summed E-state index contributed by atoms with van der Waals surface area (Å²) in [7, 11) is 1.37. The zero-order valence-corrected chi connectivity index (χ0v) is 19.6. The Hall–Kier alpha value is -2.12. The first-order valence-corrected chi connectivity index (χ1v) is 11.6. The molecule has 0 aromatic carbocycles. The Kier molecular flexibility index (Phi) is 6.64. The zero-order chi connectivity index (χ0) is 24.0. The molecule has 0 bridgehead atoms. The summed E-state index contributed by atoms with van der Waals surface area (Å²) < 4.78 is 10.9. The fourth-order valence-corrected chi connectivity index (χ4v) is 7.96. The van der Waals surface area contributed by atoms with Crippen LogP contribution < -0.4 is 0 Å². The van der Waals surface area contributed by atoms with Crippen LogP contribution in [-0.4, -0.2) is 47.3 Å². The third-order valence-electron chi connectivity index (χ3n) is 9.33. The number of carboxylic acids is 2. The Morgan fingerprint density at radius 2 is 1.69 bits per heavy atom. The van der Waals surface area contributed by atoms with Crippen LogP contribution in [0.1, 0.15) is 66.2 Å². The molecular weight excluding hydrogens is 416 g/mol. The van der Waals surface area contributed by atoms with E-state index in [1.54, 1.807) is 6.92 Å². The average molecular weight is 453 g/mol. The molecule has 2 N–H and O–H groups in total. The Balaban J connectivity index is 2.06. The second-order valence-corrected chi connectivity index (χ2v) is 10.6. The topological polar surface area (TPSA) is 127 Å². The first-order chi connectivity index (χ1) is 14.9. The Labute approximate surface area is 189 Å². The molecule has 3 rings (SSSR count).